The second-order valence-electron chi connectivity index (χ2n) is 10.2. The summed E-state index contributed by atoms with van der Waals surface area (Å²) in [7, 11) is -3.58. The highest BCUT2D eigenvalue weighted by molar-refractivity contribution is 7.92. The zero-order valence-corrected chi connectivity index (χ0v) is 23.1. The van der Waals surface area contributed by atoms with E-state index in [4.69, 9.17) is 27.9 Å². The van der Waals surface area contributed by atoms with Crippen LogP contribution in [0.2, 0.25) is 10.2 Å². The summed E-state index contributed by atoms with van der Waals surface area (Å²) in [5.41, 5.74) is 0.528. The lowest BCUT2D eigenvalue weighted by molar-refractivity contribution is -0.120. The van der Waals surface area contributed by atoms with Crippen LogP contribution in [0.5, 0.6) is 0 Å². The van der Waals surface area contributed by atoms with Crippen LogP contribution in [0.1, 0.15) is 33.6 Å². The van der Waals surface area contributed by atoms with Crippen molar-refractivity contribution in [2.75, 3.05) is 36.4 Å². The maximum atomic E-state index is 13.2. The second kappa shape index (κ2) is 10.6. The lowest BCUT2D eigenvalue weighted by Gasteiger charge is -2.40. The van der Waals surface area contributed by atoms with E-state index in [1.165, 1.54) is 18.3 Å². The molecule has 2 aliphatic rings. The number of carbonyl (C=O) groups excluding carboxylic acids is 2. The van der Waals surface area contributed by atoms with Gasteiger partial charge in [0, 0.05) is 31.9 Å². The van der Waals surface area contributed by atoms with Crippen LogP contribution in [0, 0.1) is 5.92 Å². The van der Waals surface area contributed by atoms with Crippen LogP contribution in [0.25, 0.3) is 0 Å². The Hall–Kier alpha value is -2.63. The Bertz CT molecular complexity index is 1270. The Morgan fingerprint density at radius 3 is 2.30 bits per heavy atom. The van der Waals surface area contributed by atoms with Crippen molar-refractivity contribution in [1.82, 2.24) is 15.1 Å². The molecule has 0 saturated carbocycles. The number of nitrogens with one attached hydrogen (secondary N) is 1. The lowest BCUT2D eigenvalue weighted by atomic mass is 9.98. The molecule has 0 atom stereocenters. The minimum absolute atomic E-state index is 0.107. The third-order valence-corrected chi connectivity index (χ3v) is 9.32. The van der Waals surface area contributed by atoms with Crippen LogP contribution < -0.4 is 10.2 Å². The second-order valence-corrected chi connectivity index (χ2v) is 13.1. The maximum absolute atomic E-state index is 13.2. The molecule has 2 aliphatic heterocycles. The first-order chi connectivity index (χ1) is 17.3. The molecule has 0 aliphatic carbocycles. The Morgan fingerprint density at radius 2 is 1.70 bits per heavy atom. The van der Waals surface area contributed by atoms with E-state index in [1.54, 1.807) is 37.8 Å². The van der Waals surface area contributed by atoms with Gasteiger partial charge in [0.05, 0.1) is 27.9 Å². The van der Waals surface area contributed by atoms with Gasteiger partial charge in [-0.25, -0.2) is 13.2 Å². The molecule has 2 saturated heterocycles. The van der Waals surface area contributed by atoms with Crippen molar-refractivity contribution >= 4 is 56.4 Å². The van der Waals surface area contributed by atoms with E-state index < -0.39 is 26.8 Å². The smallest absolute Gasteiger partial charge is 0.410 e. The number of hydrogen-bond acceptors (Lipinski definition) is 8. The number of anilines is 2. The van der Waals surface area contributed by atoms with Crippen LogP contribution in [0.4, 0.5) is 16.2 Å². The predicted molar refractivity (Wildman–Crippen MR) is 141 cm³/mol. The zero-order chi connectivity index (χ0) is 27.0. The van der Waals surface area contributed by atoms with Gasteiger partial charge in [0.1, 0.15) is 10.6 Å². The molecule has 0 unspecified atom stereocenters. The van der Waals surface area contributed by atoms with Crippen LogP contribution in [0.3, 0.4) is 0 Å². The number of piperidine rings is 1. The minimum Gasteiger partial charge on any atom is -0.444 e. The number of sulfone groups is 1. The first-order valence-electron chi connectivity index (χ1n) is 11.9. The van der Waals surface area contributed by atoms with Gasteiger partial charge >= 0.3 is 6.09 Å². The summed E-state index contributed by atoms with van der Waals surface area (Å²) in [6, 6.07) is 6.17. The first-order valence-corrected chi connectivity index (χ1v) is 14.2. The predicted octanol–water partition coefficient (Wildman–Crippen LogP) is 4.03. The normalized spacial score (nSPS) is 17.3. The van der Waals surface area contributed by atoms with Gasteiger partial charge < -0.3 is 19.9 Å². The fraction of sp³-hybridized carbons (Fsp3) is 0.500. The molecule has 4 rings (SSSR count). The molecule has 10 nitrogen and oxygen atoms in total. The third kappa shape index (κ3) is 6.27. The molecule has 2 aromatic rings. The number of carbonyl (C=O) groups is 2. The summed E-state index contributed by atoms with van der Waals surface area (Å²) in [5.74, 6) is -0.438. The number of likely N-dealkylation sites (tertiary alicyclic amines) is 1. The average Bonchev–Trinajstić information content (AvgIpc) is 2.80. The van der Waals surface area contributed by atoms with Crippen LogP contribution in [-0.2, 0) is 19.4 Å². The average molecular weight is 570 g/mol. The Morgan fingerprint density at radius 1 is 1.08 bits per heavy atom. The molecule has 13 heteroatoms. The van der Waals surface area contributed by atoms with Crippen LogP contribution >= 0.6 is 23.2 Å². The molecular formula is C24H29Cl2N5O5S. The summed E-state index contributed by atoms with van der Waals surface area (Å²) in [4.78, 5) is 28.5. The summed E-state index contributed by atoms with van der Waals surface area (Å²) >= 11 is 12.1. The number of benzene rings is 1. The molecular weight excluding hydrogens is 541 g/mol. The quantitative estimate of drug-likeness (QED) is 0.572. The number of nitrogens with zero attached hydrogens (tertiary/aromatic N) is 4. The van der Waals surface area contributed by atoms with Crippen molar-refractivity contribution in [2.45, 2.75) is 49.4 Å². The molecule has 37 heavy (non-hydrogen) atoms. The van der Waals surface area contributed by atoms with E-state index in [0.717, 1.165) is 0 Å². The van der Waals surface area contributed by atoms with Crippen molar-refractivity contribution in [3.8, 4) is 0 Å². The number of aromatic nitrogens is 2. The molecule has 0 bridgehead atoms. The first kappa shape index (κ1) is 27.4. The molecule has 2 fully saturated rings. The number of rotatable bonds is 5. The van der Waals surface area contributed by atoms with Gasteiger partial charge in [-0.1, -0.05) is 23.2 Å². The van der Waals surface area contributed by atoms with Gasteiger partial charge in [-0.15, -0.1) is 5.10 Å². The maximum Gasteiger partial charge on any atom is 0.410 e. The van der Waals surface area contributed by atoms with Gasteiger partial charge in [-0.3, -0.25) is 4.79 Å². The van der Waals surface area contributed by atoms with Crippen molar-refractivity contribution in [3.05, 3.63) is 40.6 Å². The highest BCUT2D eigenvalue weighted by atomic mass is 35.5. The fourth-order valence-electron chi connectivity index (χ4n) is 4.24. The highest BCUT2D eigenvalue weighted by Crippen LogP contribution is 2.34. The van der Waals surface area contributed by atoms with Crippen LogP contribution in [0.15, 0.2) is 35.4 Å². The summed E-state index contributed by atoms with van der Waals surface area (Å²) < 4.78 is 31.7. The monoisotopic (exact) mass is 569 g/mol. The summed E-state index contributed by atoms with van der Waals surface area (Å²) in [6.45, 7) is 6.91. The molecule has 1 aromatic carbocycles. The van der Waals surface area contributed by atoms with Gasteiger partial charge in [0.15, 0.2) is 15.0 Å². The van der Waals surface area contributed by atoms with Crippen molar-refractivity contribution < 1.29 is 22.7 Å². The topological polar surface area (TPSA) is 122 Å². The van der Waals surface area contributed by atoms with E-state index in [-0.39, 0.29) is 21.9 Å². The molecule has 1 N–H and O–H groups in total. The Labute approximate surface area is 226 Å². The van der Waals surface area contributed by atoms with E-state index in [2.05, 4.69) is 15.5 Å². The molecule has 200 valence electrons. The molecule has 1 aromatic heterocycles. The Kier molecular flexibility index (Phi) is 7.87. The fourth-order valence-corrected chi connectivity index (χ4v) is 6.32. The lowest BCUT2D eigenvalue weighted by Crippen LogP contribution is -2.52. The molecule has 3 heterocycles. The SMILES string of the molecule is CC(C)(C)OC(=O)N1CCC(S(=O)(=O)c2ccc(NC(=O)C3CN(c4cnnc(Cl)c4Cl)C3)cc2)CC1. The molecule has 2 amide bonds. The number of amides is 2. The van der Waals surface area contributed by atoms with E-state index in [0.29, 0.717) is 55.4 Å². The largest absolute Gasteiger partial charge is 0.444 e. The number of halogens is 2. The highest BCUT2D eigenvalue weighted by Gasteiger charge is 2.36. The van der Waals surface area contributed by atoms with E-state index in [1.807, 2.05) is 4.90 Å². The van der Waals surface area contributed by atoms with Gasteiger partial charge in [0.2, 0.25) is 5.91 Å². The number of hydrogen-bond donors (Lipinski definition) is 1. The van der Waals surface area contributed by atoms with Crippen molar-refractivity contribution in [3.63, 3.8) is 0 Å². The van der Waals surface area contributed by atoms with Crippen LogP contribution in [-0.4, -0.2) is 72.5 Å². The van der Waals surface area contributed by atoms with E-state index in [9.17, 15) is 18.0 Å². The van der Waals surface area contributed by atoms with Gasteiger partial charge in [-0.2, -0.15) is 5.10 Å². The minimum atomic E-state index is -3.58. The standard InChI is InChI=1S/C24H29Cl2N5O5S/c1-24(2,3)36-23(33)30-10-8-18(9-11-30)37(34,35)17-6-4-16(5-7-17)28-22(32)15-13-31(14-15)19-12-27-29-21(26)20(19)25/h4-7,12,15,18H,8-11,13-14H2,1-3H3,(H,28,32). The molecule has 0 spiro atoms. The van der Waals surface area contributed by atoms with Gasteiger partial charge in [-0.05, 0) is 57.9 Å². The molecule has 0 radical (unpaired) electrons. The van der Waals surface area contributed by atoms with E-state index >= 15 is 0 Å². The van der Waals surface area contributed by atoms with Gasteiger partial charge in [0.25, 0.3) is 0 Å². The Balaban J connectivity index is 1.30. The zero-order valence-electron chi connectivity index (χ0n) is 20.8. The third-order valence-electron chi connectivity index (χ3n) is 6.31. The summed E-state index contributed by atoms with van der Waals surface area (Å²) in [6.07, 6.45) is 1.74. The number of ether oxygens (including phenoxy) is 1. The summed E-state index contributed by atoms with van der Waals surface area (Å²) in [5, 5.41) is 10.1. The van der Waals surface area contributed by atoms with Crippen molar-refractivity contribution in [2.24, 2.45) is 5.92 Å². The van der Waals surface area contributed by atoms with Crippen molar-refractivity contribution in [1.29, 1.82) is 0 Å².